The van der Waals surface area contributed by atoms with E-state index in [2.05, 4.69) is 20.6 Å². The number of nitrogens with one attached hydrogen (secondary N) is 1. The minimum absolute atomic E-state index is 0.0211. The highest BCUT2D eigenvalue weighted by atomic mass is 32.2. The lowest BCUT2D eigenvalue weighted by atomic mass is 10.1. The van der Waals surface area contributed by atoms with Gasteiger partial charge in [0.2, 0.25) is 5.91 Å². The van der Waals surface area contributed by atoms with E-state index < -0.39 is 10.0 Å². The van der Waals surface area contributed by atoms with Crippen molar-refractivity contribution in [3.8, 4) is 0 Å². The maximum absolute atomic E-state index is 12.9. The van der Waals surface area contributed by atoms with Crippen LogP contribution in [0.5, 0.6) is 0 Å². The van der Waals surface area contributed by atoms with Crippen molar-refractivity contribution >= 4 is 15.9 Å². The molecular weight excluding hydrogens is 406 g/mol. The number of nitrogens with zero attached hydrogens (tertiary/aromatic N) is 6. The van der Waals surface area contributed by atoms with Crippen LogP contribution >= 0.6 is 0 Å². The smallest absolute Gasteiger partial charge is 0.262 e. The summed E-state index contributed by atoms with van der Waals surface area (Å²) in [5, 5.41) is 11.2. The zero-order valence-electron chi connectivity index (χ0n) is 16.6. The summed E-state index contributed by atoms with van der Waals surface area (Å²) in [6, 6.07) is 9.68. The fourth-order valence-electron chi connectivity index (χ4n) is 3.34. The summed E-state index contributed by atoms with van der Waals surface area (Å²) in [5.74, 6) is -0.0885. The number of aromatic nitrogens is 5. The molecule has 11 heteroatoms. The molecule has 1 amide bonds. The Labute approximate surface area is 174 Å². The maximum Gasteiger partial charge on any atom is 0.262 e. The van der Waals surface area contributed by atoms with Crippen LogP contribution in [0, 0.1) is 0 Å². The van der Waals surface area contributed by atoms with E-state index in [-0.39, 0.29) is 23.9 Å². The Bertz CT molecular complexity index is 1140. The van der Waals surface area contributed by atoms with Crippen LogP contribution in [0.25, 0.3) is 0 Å². The third kappa shape index (κ3) is 4.26. The van der Waals surface area contributed by atoms with Crippen LogP contribution in [0.15, 0.2) is 47.9 Å². The summed E-state index contributed by atoms with van der Waals surface area (Å²) in [6.07, 6.45) is 3.60. The van der Waals surface area contributed by atoms with Gasteiger partial charge in [0.25, 0.3) is 10.0 Å². The van der Waals surface area contributed by atoms with Gasteiger partial charge in [0.05, 0.1) is 30.8 Å². The topological polar surface area (TPSA) is 115 Å². The molecule has 10 nitrogen and oxygen atoms in total. The van der Waals surface area contributed by atoms with Crippen molar-refractivity contribution in [2.45, 2.75) is 37.5 Å². The Hall–Kier alpha value is -3.05. The van der Waals surface area contributed by atoms with Crippen LogP contribution in [-0.2, 0) is 47.9 Å². The lowest BCUT2D eigenvalue weighted by Gasteiger charge is -2.26. The molecule has 0 fully saturated rings. The van der Waals surface area contributed by atoms with Gasteiger partial charge < -0.3 is 9.88 Å². The van der Waals surface area contributed by atoms with Crippen LogP contribution < -0.4 is 5.32 Å². The number of sulfonamides is 1. The highest BCUT2D eigenvalue weighted by molar-refractivity contribution is 7.89. The Morgan fingerprint density at radius 3 is 2.73 bits per heavy atom. The summed E-state index contributed by atoms with van der Waals surface area (Å²) in [4.78, 5) is 16.2. The SMILES string of the molecule is Cn1cnc(S(=O)(=O)N2CCn3nnc(CCC(=O)NCc4ccccc4)c3C2)c1. The standard InChI is InChI=1S/C19H23N7O3S/c1-24-13-19(21-14-24)30(28,29)25-9-10-26-17(12-25)16(22-23-26)7-8-18(27)20-11-15-5-3-2-4-6-15/h2-6,13-14H,7-12H2,1H3,(H,20,27). The molecule has 0 radical (unpaired) electrons. The average Bonchev–Trinajstić information content (AvgIpc) is 3.37. The first-order chi connectivity index (χ1) is 14.4. The van der Waals surface area contributed by atoms with Crippen molar-refractivity contribution in [3.63, 3.8) is 0 Å². The zero-order valence-corrected chi connectivity index (χ0v) is 17.4. The molecule has 4 rings (SSSR count). The van der Waals surface area contributed by atoms with Gasteiger partial charge in [-0.2, -0.15) is 4.31 Å². The Morgan fingerprint density at radius 1 is 1.20 bits per heavy atom. The fourth-order valence-corrected chi connectivity index (χ4v) is 4.70. The molecule has 158 valence electrons. The van der Waals surface area contributed by atoms with E-state index >= 15 is 0 Å². The number of amides is 1. The molecule has 0 aliphatic carbocycles. The van der Waals surface area contributed by atoms with Crippen molar-refractivity contribution in [2.24, 2.45) is 7.05 Å². The highest BCUT2D eigenvalue weighted by Gasteiger charge is 2.32. The second kappa shape index (κ2) is 8.36. The lowest BCUT2D eigenvalue weighted by Crippen LogP contribution is -2.39. The summed E-state index contributed by atoms with van der Waals surface area (Å²) in [6.45, 7) is 1.34. The molecule has 0 saturated heterocycles. The van der Waals surface area contributed by atoms with Crippen LogP contribution in [-0.4, -0.2) is 49.7 Å². The first-order valence-electron chi connectivity index (χ1n) is 9.63. The molecule has 0 saturated carbocycles. The summed E-state index contributed by atoms with van der Waals surface area (Å²) in [7, 11) is -1.97. The highest BCUT2D eigenvalue weighted by Crippen LogP contribution is 2.22. The quantitative estimate of drug-likeness (QED) is 0.584. The van der Waals surface area contributed by atoms with Crippen molar-refractivity contribution in [1.29, 1.82) is 0 Å². The number of carbonyl (C=O) groups is 1. The number of hydrogen-bond acceptors (Lipinski definition) is 6. The number of rotatable bonds is 7. The normalized spacial score (nSPS) is 14.4. The number of carbonyl (C=O) groups excluding carboxylic acids is 1. The van der Waals surface area contributed by atoms with E-state index in [0.29, 0.717) is 31.7 Å². The van der Waals surface area contributed by atoms with Gasteiger partial charge in [0.1, 0.15) is 0 Å². The largest absolute Gasteiger partial charge is 0.352 e. The van der Waals surface area contributed by atoms with Gasteiger partial charge in [0, 0.05) is 39.2 Å². The molecule has 0 spiro atoms. The molecule has 0 atom stereocenters. The monoisotopic (exact) mass is 429 g/mol. The fraction of sp³-hybridized carbons (Fsp3) is 0.368. The van der Waals surface area contributed by atoms with Gasteiger partial charge in [-0.15, -0.1) is 5.10 Å². The second-order valence-corrected chi connectivity index (χ2v) is 9.07. The molecule has 0 bridgehead atoms. The molecule has 2 aromatic heterocycles. The van der Waals surface area contributed by atoms with Crippen molar-refractivity contribution < 1.29 is 13.2 Å². The van der Waals surface area contributed by atoms with E-state index in [1.165, 1.54) is 16.8 Å². The minimum atomic E-state index is -3.70. The molecule has 0 unspecified atom stereocenters. The van der Waals surface area contributed by atoms with Gasteiger partial charge in [-0.1, -0.05) is 35.5 Å². The lowest BCUT2D eigenvalue weighted by molar-refractivity contribution is -0.121. The number of hydrogen-bond donors (Lipinski definition) is 1. The van der Waals surface area contributed by atoms with Crippen molar-refractivity contribution in [2.75, 3.05) is 6.54 Å². The maximum atomic E-state index is 12.9. The van der Waals surface area contributed by atoms with Gasteiger partial charge in [-0.3, -0.25) is 4.79 Å². The molecule has 1 aliphatic rings. The Kier molecular flexibility index (Phi) is 5.64. The second-order valence-electron chi connectivity index (χ2n) is 7.18. The van der Waals surface area contributed by atoms with Gasteiger partial charge >= 0.3 is 0 Å². The van der Waals surface area contributed by atoms with Crippen LogP contribution in [0.4, 0.5) is 0 Å². The van der Waals surface area contributed by atoms with Crippen molar-refractivity contribution in [3.05, 3.63) is 59.8 Å². The third-order valence-corrected chi connectivity index (χ3v) is 6.74. The minimum Gasteiger partial charge on any atom is -0.352 e. The number of benzene rings is 1. The molecule has 1 N–H and O–H groups in total. The predicted molar refractivity (Wildman–Crippen MR) is 107 cm³/mol. The number of aryl methyl sites for hydroxylation is 2. The van der Waals surface area contributed by atoms with E-state index in [9.17, 15) is 13.2 Å². The van der Waals surface area contributed by atoms with Crippen molar-refractivity contribution in [1.82, 2.24) is 34.2 Å². The average molecular weight is 430 g/mol. The van der Waals surface area contributed by atoms with Crippen LogP contribution in [0.3, 0.4) is 0 Å². The summed E-state index contributed by atoms with van der Waals surface area (Å²) < 4.78 is 30.4. The molecule has 3 heterocycles. The van der Waals surface area contributed by atoms with Gasteiger partial charge in [-0.25, -0.2) is 18.1 Å². The number of imidazole rings is 1. The van der Waals surface area contributed by atoms with Gasteiger partial charge in [0.15, 0.2) is 5.03 Å². The van der Waals surface area contributed by atoms with Crippen LogP contribution in [0.2, 0.25) is 0 Å². The molecule has 1 aliphatic heterocycles. The van der Waals surface area contributed by atoms with E-state index in [4.69, 9.17) is 0 Å². The van der Waals surface area contributed by atoms with E-state index in [0.717, 1.165) is 11.3 Å². The first kappa shape index (κ1) is 20.2. The predicted octanol–water partition coefficient (Wildman–Crippen LogP) is 0.465. The van der Waals surface area contributed by atoms with Crippen LogP contribution in [0.1, 0.15) is 23.4 Å². The third-order valence-electron chi connectivity index (χ3n) is 5.01. The zero-order chi connectivity index (χ0) is 21.1. The van der Waals surface area contributed by atoms with Gasteiger partial charge in [-0.05, 0) is 5.56 Å². The molecule has 30 heavy (non-hydrogen) atoms. The van der Waals surface area contributed by atoms with E-state index in [1.807, 2.05) is 30.3 Å². The molecule has 3 aromatic rings. The Morgan fingerprint density at radius 2 is 2.00 bits per heavy atom. The summed E-state index contributed by atoms with van der Waals surface area (Å²) >= 11 is 0. The molecular formula is C19H23N7O3S. The Balaban J connectivity index is 1.39. The molecule has 1 aromatic carbocycles. The summed E-state index contributed by atoms with van der Waals surface area (Å²) in [5.41, 5.74) is 2.39. The first-order valence-corrected chi connectivity index (χ1v) is 11.1. The van der Waals surface area contributed by atoms with E-state index in [1.54, 1.807) is 16.3 Å². The number of fused-ring (bicyclic) bond motifs is 1.